The average molecular weight is 387 g/mol. The van der Waals surface area contributed by atoms with Crippen molar-refractivity contribution in [1.29, 1.82) is 0 Å². The van der Waals surface area contributed by atoms with Crippen LogP contribution >= 0.6 is 12.2 Å². The van der Waals surface area contributed by atoms with Gasteiger partial charge in [0.2, 0.25) is 10.0 Å². The minimum Gasteiger partial charge on any atom is -0.359 e. The van der Waals surface area contributed by atoms with Crippen LogP contribution in [0.3, 0.4) is 0 Å². The predicted octanol–water partition coefficient (Wildman–Crippen LogP) is 1.58. The van der Waals surface area contributed by atoms with Crippen LogP contribution < -0.4 is 16.2 Å². The molecule has 11 heteroatoms. The second-order valence-electron chi connectivity index (χ2n) is 5.52. The van der Waals surface area contributed by atoms with Gasteiger partial charge in [-0.2, -0.15) is 4.31 Å². The highest BCUT2D eigenvalue weighted by Crippen LogP contribution is 2.28. The Morgan fingerprint density at radius 2 is 2.00 bits per heavy atom. The van der Waals surface area contributed by atoms with Gasteiger partial charge in [-0.1, -0.05) is 13.8 Å². The summed E-state index contributed by atoms with van der Waals surface area (Å²) in [6.45, 7) is 3.93. The van der Waals surface area contributed by atoms with E-state index in [-0.39, 0.29) is 29.4 Å². The number of hydrogen-bond acceptors (Lipinski definition) is 6. The lowest BCUT2D eigenvalue weighted by atomic mass is 10.3. The van der Waals surface area contributed by atoms with E-state index < -0.39 is 14.9 Å². The Hall–Kier alpha value is -1.98. The van der Waals surface area contributed by atoms with Gasteiger partial charge in [-0.25, -0.2) is 8.42 Å². The molecule has 1 aromatic rings. The van der Waals surface area contributed by atoms with Crippen molar-refractivity contribution >= 4 is 38.7 Å². The minimum atomic E-state index is -3.88. The van der Waals surface area contributed by atoms with Crippen molar-refractivity contribution < 1.29 is 13.3 Å². The fourth-order valence-corrected chi connectivity index (χ4v) is 4.06. The van der Waals surface area contributed by atoms with Crippen LogP contribution in [0.15, 0.2) is 23.1 Å². The highest BCUT2D eigenvalue weighted by atomic mass is 32.2. The molecule has 0 aliphatic heterocycles. The molecule has 0 atom stereocenters. The molecule has 0 bridgehead atoms. The van der Waals surface area contributed by atoms with Gasteiger partial charge in [-0.15, -0.1) is 0 Å². The fourth-order valence-electron chi connectivity index (χ4n) is 2.22. The van der Waals surface area contributed by atoms with Crippen LogP contribution in [0.5, 0.6) is 0 Å². The normalized spacial score (nSPS) is 14.2. The molecule has 1 aliphatic rings. The molecule has 0 radical (unpaired) electrons. The Morgan fingerprint density at radius 1 is 1.36 bits per heavy atom. The zero-order valence-corrected chi connectivity index (χ0v) is 15.6. The monoisotopic (exact) mass is 387 g/mol. The van der Waals surface area contributed by atoms with E-state index in [0.29, 0.717) is 11.2 Å². The number of thiocarbonyl (C=S) groups is 1. The average Bonchev–Trinajstić information content (AvgIpc) is 3.37. The van der Waals surface area contributed by atoms with Crippen LogP contribution in [0.4, 0.5) is 11.4 Å². The number of benzene rings is 1. The third kappa shape index (κ3) is 4.77. The second-order valence-corrected chi connectivity index (χ2v) is 7.84. The van der Waals surface area contributed by atoms with Crippen LogP contribution in [-0.2, 0) is 10.0 Å². The van der Waals surface area contributed by atoms with E-state index in [9.17, 15) is 18.5 Å². The van der Waals surface area contributed by atoms with Gasteiger partial charge in [0.15, 0.2) is 5.11 Å². The van der Waals surface area contributed by atoms with Crippen LogP contribution in [0.25, 0.3) is 0 Å². The standard InChI is InChI=1S/C14H21N5O4S2/c1-3-18(4-2)25(22,23)13-9-11(19(20)21)7-8-12(13)16-17-14(24)15-10-5-6-10/h7-10,16H,3-6H2,1-2H3,(H2,15,17,24). The number of nitrogens with one attached hydrogen (secondary N) is 3. The second kappa shape index (κ2) is 7.93. The molecule has 1 aromatic carbocycles. The van der Waals surface area contributed by atoms with Crippen LogP contribution in [0.1, 0.15) is 26.7 Å². The number of anilines is 1. The summed E-state index contributed by atoms with van der Waals surface area (Å²) in [5.41, 5.74) is 5.36. The van der Waals surface area contributed by atoms with Crippen LogP contribution in [0, 0.1) is 10.1 Å². The SMILES string of the molecule is CCN(CC)S(=O)(=O)c1cc([N+](=O)[O-])ccc1NNC(=S)NC1CC1. The first-order chi connectivity index (χ1) is 11.8. The van der Waals surface area contributed by atoms with Crippen molar-refractivity contribution in [3.8, 4) is 0 Å². The van der Waals surface area contributed by atoms with Crippen molar-refractivity contribution in [1.82, 2.24) is 15.0 Å². The first kappa shape index (κ1) is 19.3. The van der Waals surface area contributed by atoms with E-state index in [2.05, 4.69) is 16.2 Å². The van der Waals surface area contributed by atoms with Gasteiger partial charge in [0.1, 0.15) is 4.90 Å². The Balaban J connectivity index is 2.31. The summed E-state index contributed by atoms with van der Waals surface area (Å²) < 4.78 is 26.9. The lowest BCUT2D eigenvalue weighted by Gasteiger charge is -2.21. The number of nitro groups is 1. The molecule has 0 aromatic heterocycles. The lowest BCUT2D eigenvalue weighted by molar-refractivity contribution is -0.385. The zero-order chi connectivity index (χ0) is 18.6. The Labute approximate surface area is 151 Å². The number of nitro benzene ring substituents is 1. The summed E-state index contributed by atoms with van der Waals surface area (Å²) in [4.78, 5) is 10.2. The van der Waals surface area contributed by atoms with E-state index in [4.69, 9.17) is 12.2 Å². The highest BCUT2D eigenvalue weighted by molar-refractivity contribution is 7.89. The Kier molecular flexibility index (Phi) is 6.14. The molecule has 2 rings (SSSR count). The first-order valence-corrected chi connectivity index (χ1v) is 9.75. The summed E-state index contributed by atoms with van der Waals surface area (Å²) >= 11 is 5.12. The number of hydrogen-bond donors (Lipinski definition) is 3. The molecule has 138 valence electrons. The molecule has 25 heavy (non-hydrogen) atoms. The molecular formula is C14H21N5O4S2. The van der Waals surface area contributed by atoms with Gasteiger partial charge in [-0.05, 0) is 31.1 Å². The lowest BCUT2D eigenvalue weighted by Crippen LogP contribution is -2.40. The van der Waals surface area contributed by atoms with Crippen molar-refractivity contribution in [2.24, 2.45) is 0 Å². The van der Waals surface area contributed by atoms with Crippen LogP contribution in [0.2, 0.25) is 0 Å². The van der Waals surface area contributed by atoms with Gasteiger partial charge in [0.05, 0.1) is 10.6 Å². The molecule has 1 fully saturated rings. The predicted molar refractivity (Wildman–Crippen MR) is 98.7 cm³/mol. The zero-order valence-electron chi connectivity index (χ0n) is 14.0. The maximum Gasteiger partial charge on any atom is 0.270 e. The largest absolute Gasteiger partial charge is 0.359 e. The third-order valence-electron chi connectivity index (χ3n) is 3.72. The maximum absolute atomic E-state index is 12.8. The Morgan fingerprint density at radius 3 is 2.52 bits per heavy atom. The van der Waals surface area contributed by atoms with Gasteiger partial charge >= 0.3 is 0 Å². The number of hydrazine groups is 1. The molecule has 9 nitrogen and oxygen atoms in total. The van der Waals surface area contributed by atoms with Crippen LogP contribution in [-0.4, -0.2) is 41.9 Å². The molecule has 0 saturated heterocycles. The van der Waals surface area contributed by atoms with Crippen molar-refractivity contribution in [3.05, 3.63) is 28.3 Å². The molecule has 0 heterocycles. The number of sulfonamides is 1. The van der Waals surface area contributed by atoms with Crippen molar-refractivity contribution in [2.45, 2.75) is 37.6 Å². The van der Waals surface area contributed by atoms with Gasteiger partial charge < -0.3 is 5.32 Å². The molecule has 0 spiro atoms. The molecule has 0 unspecified atom stereocenters. The summed E-state index contributed by atoms with van der Waals surface area (Å²) in [7, 11) is -3.88. The van der Waals surface area contributed by atoms with Crippen molar-refractivity contribution in [3.63, 3.8) is 0 Å². The van der Waals surface area contributed by atoms with E-state index in [1.807, 2.05) is 0 Å². The maximum atomic E-state index is 12.8. The molecule has 1 saturated carbocycles. The number of nitrogens with zero attached hydrogens (tertiary/aromatic N) is 2. The summed E-state index contributed by atoms with van der Waals surface area (Å²) in [6.07, 6.45) is 2.09. The molecule has 0 amide bonds. The fraction of sp³-hybridized carbons (Fsp3) is 0.500. The van der Waals surface area contributed by atoms with Crippen molar-refractivity contribution in [2.75, 3.05) is 18.5 Å². The van der Waals surface area contributed by atoms with Gasteiger partial charge in [-0.3, -0.25) is 21.0 Å². The molecule has 1 aliphatic carbocycles. The topological polar surface area (TPSA) is 117 Å². The third-order valence-corrected chi connectivity index (χ3v) is 6.03. The quantitative estimate of drug-likeness (QED) is 0.350. The minimum absolute atomic E-state index is 0.174. The summed E-state index contributed by atoms with van der Waals surface area (Å²) in [5, 5.41) is 14.4. The smallest absolute Gasteiger partial charge is 0.270 e. The molecular weight excluding hydrogens is 366 g/mol. The highest BCUT2D eigenvalue weighted by Gasteiger charge is 2.27. The first-order valence-electron chi connectivity index (χ1n) is 7.90. The van der Waals surface area contributed by atoms with Gasteiger partial charge in [0.25, 0.3) is 5.69 Å². The van der Waals surface area contributed by atoms with E-state index in [0.717, 1.165) is 18.9 Å². The molecule has 3 N–H and O–H groups in total. The summed E-state index contributed by atoms with van der Waals surface area (Å²) in [6, 6.07) is 3.98. The Bertz CT molecular complexity index is 760. The van der Waals surface area contributed by atoms with E-state index in [1.165, 1.54) is 16.4 Å². The van der Waals surface area contributed by atoms with Gasteiger partial charge in [0, 0.05) is 31.3 Å². The van der Waals surface area contributed by atoms with E-state index in [1.54, 1.807) is 13.8 Å². The number of non-ortho nitro benzene ring substituents is 1. The summed E-state index contributed by atoms with van der Waals surface area (Å²) in [5.74, 6) is 0. The number of rotatable bonds is 8. The van der Waals surface area contributed by atoms with E-state index >= 15 is 0 Å².